The Balaban J connectivity index is 1.82. The van der Waals surface area contributed by atoms with E-state index < -0.39 is 17.4 Å². The SMILES string of the molecule is CC(C)(C)OC(=O)c1cc(C2CCC2)c(OCC2CCCC2)cc1F. The van der Waals surface area contributed by atoms with Crippen LogP contribution in [0.3, 0.4) is 0 Å². The van der Waals surface area contributed by atoms with E-state index in [4.69, 9.17) is 9.47 Å². The molecule has 1 aromatic rings. The van der Waals surface area contributed by atoms with Gasteiger partial charge in [-0.25, -0.2) is 9.18 Å². The number of hydrogen-bond acceptors (Lipinski definition) is 3. The molecule has 2 fully saturated rings. The summed E-state index contributed by atoms with van der Waals surface area (Å²) >= 11 is 0. The predicted octanol–water partition coefficient (Wildman–Crippen LogP) is 5.62. The summed E-state index contributed by atoms with van der Waals surface area (Å²) in [6.07, 6.45) is 8.21. The highest BCUT2D eigenvalue weighted by Crippen LogP contribution is 2.42. The van der Waals surface area contributed by atoms with Gasteiger partial charge in [-0.15, -0.1) is 0 Å². The lowest BCUT2D eigenvalue weighted by atomic mass is 9.79. The van der Waals surface area contributed by atoms with Crippen LogP contribution in [-0.4, -0.2) is 18.2 Å². The van der Waals surface area contributed by atoms with Gasteiger partial charge in [0.25, 0.3) is 0 Å². The maximum Gasteiger partial charge on any atom is 0.341 e. The van der Waals surface area contributed by atoms with E-state index in [-0.39, 0.29) is 5.56 Å². The summed E-state index contributed by atoms with van der Waals surface area (Å²) in [5.41, 5.74) is 0.342. The van der Waals surface area contributed by atoms with Crippen LogP contribution in [0.15, 0.2) is 12.1 Å². The van der Waals surface area contributed by atoms with Crippen molar-refractivity contribution in [2.75, 3.05) is 6.61 Å². The van der Waals surface area contributed by atoms with Crippen LogP contribution >= 0.6 is 0 Å². The normalized spacial score (nSPS) is 18.9. The number of carbonyl (C=O) groups is 1. The number of benzene rings is 1. The van der Waals surface area contributed by atoms with Gasteiger partial charge in [-0.3, -0.25) is 0 Å². The van der Waals surface area contributed by atoms with E-state index in [1.165, 1.54) is 38.2 Å². The first-order valence-corrected chi connectivity index (χ1v) is 9.53. The molecule has 0 saturated heterocycles. The lowest BCUT2D eigenvalue weighted by Crippen LogP contribution is -2.25. The quantitative estimate of drug-likeness (QED) is 0.648. The second-order valence-electron chi connectivity index (χ2n) is 8.46. The first-order valence-electron chi connectivity index (χ1n) is 9.53. The number of carbonyl (C=O) groups excluding carboxylic acids is 1. The molecular weight excluding hydrogens is 319 g/mol. The third-order valence-corrected chi connectivity index (χ3v) is 5.21. The van der Waals surface area contributed by atoms with Crippen LogP contribution in [0, 0.1) is 11.7 Å². The fraction of sp³-hybridized carbons (Fsp3) is 0.667. The van der Waals surface area contributed by atoms with Gasteiger partial charge in [0.15, 0.2) is 0 Å². The predicted molar refractivity (Wildman–Crippen MR) is 95.6 cm³/mol. The van der Waals surface area contributed by atoms with Crippen molar-refractivity contribution in [3.8, 4) is 5.75 Å². The Kier molecular flexibility index (Phi) is 5.35. The van der Waals surface area contributed by atoms with E-state index in [9.17, 15) is 9.18 Å². The molecule has 0 aliphatic heterocycles. The van der Waals surface area contributed by atoms with Gasteiger partial charge in [-0.2, -0.15) is 0 Å². The Hall–Kier alpha value is -1.58. The highest BCUT2D eigenvalue weighted by molar-refractivity contribution is 5.90. The molecule has 0 aromatic heterocycles. The molecular formula is C21H29FO3. The van der Waals surface area contributed by atoms with E-state index in [1.807, 2.05) is 0 Å². The van der Waals surface area contributed by atoms with Crippen LogP contribution < -0.4 is 4.74 Å². The van der Waals surface area contributed by atoms with Crippen molar-refractivity contribution in [1.82, 2.24) is 0 Å². The molecule has 0 unspecified atom stereocenters. The molecule has 2 saturated carbocycles. The maximum absolute atomic E-state index is 14.6. The summed E-state index contributed by atoms with van der Waals surface area (Å²) in [4.78, 5) is 12.3. The van der Waals surface area contributed by atoms with Gasteiger partial charge < -0.3 is 9.47 Å². The van der Waals surface area contributed by atoms with E-state index in [0.717, 1.165) is 18.4 Å². The molecule has 0 spiro atoms. The van der Waals surface area contributed by atoms with Crippen molar-refractivity contribution < 1.29 is 18.7 Å². The Labute approximate surface area is 149 Å². The van der Waals surface area contributed by atoms with E-state index in [1.54, 1.807) is 26.8 Å². The molecule has 0 amide bonds. The highest BCUT2D eigenvalue weighted by Gasteiger charge is 2.28. The van der Waals surface area contributed by atoms with Gasteiger partial charge in [0.1, 0.15) is 17.2 Å². The average Bonchev–Trinajstić information content (AvgIpc) is 2.96. The fourth-order valence-electron chi connectivity index (χ4n) is 3.61. The largest absolute Gasteiger partial charge is 0.493 e. The zero-order valence-electron chi connectivity index (χ0n) is 15.6. The topological polar surface area (TPSA) is 35.5 Å². The van der Waals surface area contributed by atoms with E-state index >= 15 is 0 Å². The van der Waals surface area contributed by atoms with Gasteiger partial charge in [0, 0.05) is 6.07 Å². The Morgan fingerprint density at radius 3 is 2.36 bits per heavy atom. The van der Waals surface area contributed by atoms with Crippen LogP contribution in [0.4, 0.5) is 4.39 Å². The summed E-state index contributed by atoms with van der Waals surface area (Å²) in [6.45, 7) is 6.00. The van der Waals surface area contributed by atoms with Gasteiger partial charge in [0.2, 0.25) is 0 Å². The molecule has 3 rings (SSSR count). The molecule has 2 aliphatic rings. The minimum atomic E-state index is -0.641. The molecule has 1 aromatic carbocycles. The van der Waals surface area contributed by atoms with E-state index in [2.05, 4.69) is 0 Å². The van der Waals surface area contributed by atoms with Gasteiger partial charge in [-0.1, -0.05) is 19.3 Å². The molecule has 4 heteroatoms. The van der Waals surface area contributed by atoms with Crippen molar-refractivity contribution >= 4 is 5.97 Å². The second-order valence-corrected chi connectivity index (χ2v) is 8.46. The van der Waals surface area contributed by atoms with Crippen molar-refractivity contribution in [1.29, 1.82) is 0 Å². The molecule has 3 nitrogen and oxygen atoms in total. The first kappa shape index (κ1) is 18.2. The van der Waals surface area contributed by atoms with Crippen LogP contribution in [0.5, 0.6) is 5.75 Å². The number of hydrogen-bond donors (Lipinski definition) is 0. The first-order chi connectivity index (χ1) is 11.8. The Morgan fingerprint density at radius 1 is 1.12 bits per heavy atom. The highest BCUT2D eigenvalue weighted by atomic mass is 19.1. The summed E-state index contributed by atoms with van der Waals surface area (Å²) in [7, 11) is 0. The summed E-state index contributed by atoms with van der Waals surface area (Å²) in [5, 5.41) is 0. The second kappa shape index (κ2) is 7.35. The number of esters is 1. The van der Waals surface area contributed by atoms with Crippen LogP contribution in [0.1, 0.15) is 87.6 Å². The molecule has 0 atom stereocenters. The van der Waals surface area contributed by atoms with Crippen molar-refractivity contribution in [2.45, 2.75) is 77.2 Å². The minimum absolute atomic E-state index is 0.0186. The molecule has 0 radical (unpaired) electrons. The molecule has 138 valence electrons. The van der Waals surface area contributed by atoms with Gasteiger partial charge in [0.05, 0.1) is 12.2 Å². The van der Waals surface area contributed by atoms with Gasteiger partial charge >= 0.3 is 5.97 Å². The number of rotatable bonds is 5. The lowest BCUT2D eigenvalue weighted by Gasteiger charge is -2.29. The fourth-order valence-corrected chi connectivity index (χ4v) is 3.61. The third kappa shape index (κ3) is 4.53. The van der Waals surface area contributed by atoms with Crippen LogP contribution in [0.25, 0.3) is 0 Å². The molecule has 2 aliphatic carbocycles. The van der Waals surface area contributed by atoms with Crippen molar-refractivity contribution in [3.63, 3.8) is 0 Å². The lowest BCUT2D eigenvalue weighted by molar-refractivity contribution is 0.00644. The molecule has 25 heavy (non-hydrogen) atoms. The standard InChI is InChI=1S/C21H29FO3/c1-21(2,3)25-20(23)17-11-16(15-9-6-10-15)19(12-18(17)22)24-13-14-7-4-5-8-14/h11-12,14-15H,4-10,13H2,1-3H3. The smallest absolute Gasteiger partial charge is 0.341 e. The summed E-state index contributed by atoms with van der Waals surface area (Å²) in [5.74, 6) is 0.385. The summed E-state index contributed by atoms with van der Waals surface area (Å²) in [6, 6.07) is 3.05. The number of halogens is 1. The third-order valence-electron chi connectivity index (χ3n) is 5.21. The Morgan fingerprint density at radius 2 is 1.80 bits per heavy atom. The van der Waals surface area contributed by atoms with Crippen molar-refractivity contribution in [3.05, 3.63) is 29.1 Å². The maximum atomic E-state index is 14.6. The minimum Gasteiger partial charge on any atom is -0.493 e. The zero-order chi connectivity index (χ0) is 18.0. The molecule has 0 bridgehead atoms. The summed E-state index contributed by atoms with van der Waals surface area (Å²) < 4.78 is 25.9. The van der Waals surface area contributed by atoms with Crippen LogP contribution in [0.2, 0.25) is 0 Å². The van der Waals surface area contributed by atoms with E-state index in [0.29, 0.717) is 24.2 Å². The molecule has 0 heterocycles. The van der Waals surface area contributed by atoms with Crippen LogP contribution in [-0.2, 0) is 4.74 Å². The van der Waals surface area contributed by atoms with Crippen molar-refractivity contribution in [2.24, 2.45) is 5.92 Å². The zero-order valence-corrected chi connectivity index (χ0v) is 15.6. The monoisotopic (exact) mass is 348 g/mol. The molecule has 0 N–H and O–H groups in total. The number of ether oxygens (including phenoxy) is 2. The Bertz CT molecular complexity index is 623. The van der Waals surface area contributed by atoms with Gasteiger partial charge in [-0.05, 0) is 69.9 Å². The average molecular weight is 348 g/mol.